The lowest BCUT2D eigenvalue weighted by Crippen LogP contribution is -2.53. The Bertz CT molecular complexity index is 413. The Morgan fingerprint density at radius 3 is 2.89 bits per heavy atom. The highest BCUT2D eigenvalue weighted by Crippen LogP contribution is 2.34. The van der Waals surface area contributed by atoms with Gasteiger partial charge in [-0.2, -0.15) is 0 Å². The van der Waals surface area contributed by atoms with Crippen LogP contribution in [0, 0.1) is 0 Å². The van der Waals surface area contributed by atoms with Gasteiger partial charge in [-0.3, -0.25) is 4.90 Å². The molecule has 1 fully saturated rings. The normalized spacial score (nSPS) is 28.3. The molecule has 1 aromatic rings. The van der Waals surface area contributed by atoms with Crippen LogP contribution in [-0.4, -0.2) is 48.0 Å². The Kier molecular flexibility index (Phi) is 5.39. The zero-order chi connectivity index (χ0) is 14.0. The molecule has 2 rings (SSSR count). The first-order chi connectivity index (χ1) is 9.02. The van der Waals surface area contributed by atoms with Gasteiger partial charge in [-0.05, 0) is 41.9 Å². The van der Waals surface area contributed by atoms with Gasteiger partial charge >= 0.3 is 0 Å². The zero-order valence-corrected chi connectivity index (χ0v) is 13.7. The van der Waals surface area contributed by atoms with Crippen LogP contribution in [0.1, 0.15) is 24.8 Å². The fraction of sp³-hybridized carbons (Fsp3) is 0.692. The molecule has 0 radical (unpaired) electrons. The van der Waals surface area contributed by atoms with Crippen LogP contribution >= 0.6 is 27.3 Å². The predicted molar refractivity (Wildman–Crippen MR) is 81.4 cm³/mol. The summed E-state index contributed by atoms with van der Waals surface area (Å²) in [6.07, 6.45) is -0.110. The van der Waals surface area contributed by atoms with Gasteiger partial charge in [0.25, 0.3) is 0 Å². The second kappa shape index (κ2) is 6.65. The molecule has 1 saturated heterocycles. The monoisotopic (exact) mass is 348 g/mol. The van der Waals surface area contributed by atoms with Gasteiger partial charge in [-0.15, -0.1) is 11.3 Å². The van der Waals surface area contributed by atoms with Crippen molar-refractivity contribution in [3.05, 3.63) is 20.8 Å². The predicted octanol–water partition coefficient (Wildman–Crippen LogP) is 1.98. The Balaban J connectivity index is 2.22. The number of nitrogens with zero attached hydrogens (tertiary/aromatic N) is 1. The van der Waals surface area contributed by atoms with E-state index < -0.39 is 0 Å². The van der Waals surface area contributed by atoms with Gasteiger partial charge in [0.2, 0.25) is 0 Å². The van der Waals surface area contributed by atoms with Crippen molar-refractivity contribution in [2.24, 2.45) is 5.73 Å². The van der Waals surface area contributed by atoms with Crippen LogP contribution in [0.2, 0.25) is 0 Å². The molecular formula is C13H21BrN2O2S. The second-order valence-corrected chi connectivity index (χ2v) is 7.62. The van der Waals surface area contributed by atoms with Crippen LogP contribution in [0.3, 0.4) is 0 Å². The summed E-state index contributed by atoms with van der Waals surface area (Å²) in [5.74, 6) is 0. The van der Waals surface area contributed by atoms with Crippen LogP contribution in [0.25, 0.3) is 0 Å². The molecule has 4 unspecified atom stereocenters. The van der Waals surface area contributed by atoms with E-state index in [-0.39, 0.29) is 24.8 Å². The van der Waals surface area contributed by atoms with E-state index in [0.29, 0.717) is 12.6 Å². The SMILES string of the molecule is CC(N)C(c1ccc(Br)s1)N1CC(CO)OCC1C. The van der Waals surface area contributed by atoms with E-state index in [4.69, 9.17) is 10.5 Å². The summed E-state index contributed by atoms with van der Waals surface area (Å²) >= 11 is 5.23. The van der Waals surface area contributed by atoms with E-state index in [9.17, 15) is 5.11 Å². The topological polar surface area (TPSA) is 58.7 Å². The number of hydrogen-bond donors (Lipinski definition) is 2. The number of halogens is 1. The summed E-state index contributed by atoms with van der Waals surface area (Å²) in [5, 5.41) is 9.30. The number of hydrogen-bond acceptors (Lipinski definition) is 5. The number of aliphatic hydroxyl groups is 1. The molecule has 6 heteroatoms. The molecule has 19 heavy (non-hydrogen) atoms. The first kappa shape index (κ1) is 15.4. The first-order valence-corrected chi connectivity index (χ1v) is 8.13. The molecule has 0 saturated carbocycles. The van der Waals surface area contributed by atoms with Crippen LogP contribution in [0.4, 0.5) is 0 Å². The van der Waals surface area contributed by atoms with Gasteiger partial charge in [0.1, 0.15) is 0 Å². The number of aliphatic hydroxyl groups excluding tert-OH is 1. The summed E-state index contributed by atoms with van der Waals surface area (Å²) in [7, 11) is 0. The molecule has 1 aliphatic heterocycles. The van der Waals surface area contributed by atoms with Crippen molar-refractivity contribution in [2.45, 2.75) is 38.1 Å². The molecule has 1 aromatic heterocycles. The lowest BCUT2D eigenvalue weighted by molar-refractivity contribution is -0.0936. The van der Waals surface area contributed by atoms with Gasteiger partial charge in [0.15, 0.2) is 0 Å². The van der Waals surface area contributed by atoms with Crippen molar-refractivity contribution in [3.63, 3.8) is 0 Å². The largest absolute Gasteiger partial charge is 0.394 e. The van der Waals surface area contributed by atoms with Gasteiger partial charge < -0.3 is 15.6 Å². The molecule has 1 aliphatic rings. The van der Waals surface area contributed by atoms with Crippen LogP contribution in [0.5, 0.6) is 0 Å². The molecule has 0 aliphatic carbocycles. The smallest absolute Gasteiger partial charge is 0.0933 e. The number of morpholine rings is 1. The lowest BCUT2D eigenvalue weighted by atomic mass is 10.0. The van der Waals surface area contributed by atoms with Gasteiger partial charge in [0.05, 0.1) is 29.1 Å². The second-order valence-electron chi connectivity index (χ2n) is 5.13. The molecular weight excluding hydrogens is 328 g/mol. The van der Waals surface area contributed by atoms with Gasteiger partial charge in [0, 0.05) is 23.5 Å². The maximum absolute atomic E-state index is 9.30. The van der Waals surface area contributed by atoms with Gasteiger partial charge in [-0.25, -0.2) is 0 Å². The summed E-state index contributed by atoms with van der Waals surface area (Å²) in [4.78, 5) is 3.61. The van der Waals surface area contributed by atoms with E-state index in [1.165, 1.54) is 4.88 Å². The minimum atomic E-state index is -0.110. The summed E-state index contributed by atoms with van der Waals surface area (Å²) < 4.78 is 6.72. The number of nitrogens with two attached hydrogens (primary N) is 1. The Morgan fingerprint density at radius 2 is 2.37 bits per heavy atom. The standard InChI is InChI=1S/C13H21BrN2O2S/c1-8-7-18-10(6-17)5-16(8)13(9(2)15)11-3-4-12(14)19-11/h3-4,8-10,13,17H,5-7,15H2,1-2H3. The number of rotatable bonds is 4. The quantitative estimate of drug-likeness (QED) is 0.873. The highest BCUT2D eigenvalue weighted by molar-refractivity contribution is 9.11. The molecule has 3 N–H and O–H groups in total. The average Bonchev–Trinajstić information content (AvgIpc) is 2.78. The summed E-state index contributed by atoms with van der Waals surface area (Å²) in [6, 6.07) is 4.69. The summed E-state index contributed by atoms with van der Waals surface area (Å²) in [6.45, 7) is 5.60. The number of ether oxygens (including phenoxy) is 1. The third kappa shape index (κ3) is 3.56. The molecule has 4 nitrogen and oxygen atoms in total. The summed E-state index contributed by atoms with van der Waals surface area (Å²) in [5.41, 5.74) is 6.20. The minimum Gasteiger partial charge on any atom is -0.394 e. The van der Waals surface area contributed by atoms with Crippen molar-refractivity contribution in [1.82, 2.24) is 4.90 Å². The fourth-order valence-electron chi connectivity index (χ4n) is 2.55. The maximum atomic E-state index is 9.30. The van der Waals surface area contributed by atoms with Crippen LogP contribution in [-0.2, 0) is 4.74 Å². The first-order valence-electron chi connectivity index (χ1n) is 6.52. The molecule has 0 bridgehead atoms. The highest BCUT2D eigenvalue weighted by atomic mass is 79.9. The number of thiophene rings is 1. The highest BCUT2D eigenvalue weighted by Gasteiger charge is 2.34. The van der Waals surface area contributed by atoms with E-state index in [1.807, 2.05) is 6.92 Å². The van der Waals surface area contributed by atoms with E-state index in [2.05, 4.69) is 39.9 Å². The molecule has 4 atom stereocenters. The lowest BCUT2D eigenvalue weighted by Gasteiger charge is -2.43. The van der Waals surface area contributed by atoms with Crippen molar-refractivity contribution >= 4 is 27.3 Å². The Labute approximate surface area is 126 Å². The van der Waals surface area contributed by atoms with Crippen molar-refractivity contribution < 1.29 is 9.84 Å². The zero-order valence-electron chi connectivity index (χ0n) is 11.3. The van der Waals surface area contributed by atoms with Crippen LogP contribution < -0.4 is 5.73 Å². The Morgan fingerprint density at radius 1 is 1.63 bits per heavy atom. The Hall–Kier alpha value is 0.0200. The average molecular weight is 349 g/mol. The third-order valence-corrected chi connectivity index (χ3v) is 5.19. The molecule has 0 aromatic carbocycles. The van der Waals surface area contributed by atoms with E-state index in [1.54, 1.807) is 11.3 Å². The van der Waals surface area contributed by atoms with Crippen molar-refractivity contribution in [3.8, 4) is 0 Å². The van der Waals surface area contributed by atoms with Crippen molar-refractivity contribution in [2.75, 3.05) is 19.8 Å². The minimum absolute atomic E-state index is 0.0328. The van der Waals surface area contributed by atoms with Crippen LogP contribution in [0.15, 0.2) is 15.9 Å². The molecule has 0 spiro atoms. The maximum Gasteiger partial charge on any atom is 0.0933 e. The molecule has 2 heterocycles. The molecule has 0 amide bonds. The van der Waals surface area contributed by atoms with Gasteiger partial charge in [-0.1, -0.05) is 0 Å². The van der Waals surface area contributed by atoms with E-state index in [0.717, 1.165) is 10.3 Å². The fourth-order valence-corrected chi connectivity index (χ4v) is 4.21. The van der Waals surface area contributed by atoms with Crippen molar-refractivity contribution in [1.29, 1.82) is 0 Å². The molecule has 108 valence electrons. The third-order valence-electron chi connectivity index (χ3n) is 3.50. The van der Waals surface area contributed by atoms with E-state index >= 15 is 0 Å².